The van der Waals surface area contributed by atoms with Gasteiger partial charge < -0.3 is 10.2 Å². The van der Waals surface area contributed by atoms with Crippen molar-refractivity contribution in [2.75, 3.05) is 26.2 Å². The van der Waals surface area contributed by atoms with Gasteiger partial charge in [0.15, 0.2) is 0 Å². The minimum absolute atomic E-state index is 0. The van der Waals surface area contributed by atoms with Crippen molar-refractivity contribution in [3.8, 4) is 0 Å². The Morgan fingerprint density at radius 3 is 1.84 bits per heavy atom. The van der Waals surface area contributed by atoms with Crippen molar-refractivity contribution in [1.82, 2.24) is 10.2 Å². The zero-order valence-electron chi connectivity index (χ0n) is 10.7. The van der Waals surface area contributed by atoms with Gasteiger partial charge in [-0.1, -0.05) is 0 Å². The number of hydrogen-bond acceptors (Lipinski definition) is 2. The number of nitrogens with zero attached hydrogens (tertiary/aromatic N) is 1. The molecule has 0 aromatic heterocycles. The van der Waals surface area contributed by atoms with E-state index in [1.807, 2.05) is 62.7 Å². The Labute approximate surface area is 128 Å². The number of carbonyl (C=O) groups excluding carboxylic acids is 1. The van der Waals surface area contributed by atoms with Crippen LogP contribution < -0.4 is 5.32 Å². The summed E-state index contributed by atoms with van der Waals surface area (Å²) in [4.78, 5) is 13.7. The maximum atomic E-state index is 11.8. The summed E-state index contributed by atoms with van der Waals surface area (Å²) in [7, 11) is 0. The number of hydrogen-bond donors (Lipinski definition) is 1. The Morgan fingerprint density at radius 1 is 0.895 bits per heavy atom. The van der Waals surface area contributed by atoms with Crippen molar-refractivity contribution in [2.24, 2.45) is 0 Å². The normalized spacial score (nSPS) is 23.5. The van der Waals surface area contributed by atoms with Crippen LogP contribution in [0.2, 0.25) is 0 Å². The van der Waals surface area contributed by atoms with Gasteiger partial charge in [0, 0.05) is 26.2 Å². The molecule has 100 valence electrons. The molecule has 0 aromatic rings. The number of rotatable bonds is 1. The first-order chi connectivity index (χ1) is 8.88. The van der Waals surface area contributed by atoms with Crippen LogP contribution in [0.15, 0.2) is 0 Å². The van der Waals surface area contributed by atoms with Gasteiger partial charge in [-0.25, -0.2) is 0 Å². The second kappa shape index (κ2) is 9.79. The summed E-state index contributed by atoms with van der Waals surface area (Å²) >= 11 is 0. The summed E-state index contributed by atoms with van der Waals surface area (Å²) in [5.41, 5.74) is 0. The van der Waals surface area contributed by atoms with E-state index in [9.17, 15) is 4.79 Å². The monoisotopic (exact) mass is 298 g/mol. The minimum Gasteiger partial charge on any atom is -0.340 e. The van der Waals surface area contributed by atoms with E-state index in [2.05, 4.69) is 5.32 Å². The molecule has 1 N–H and O–H groups in total. The Balaban J connectivity index is 0.000000256. The fourth-order valence-corrected chi connectivity index (χ4v) is 1.89. The summed E-state index contributed by atoms with van der Waals surface area (Å²) in [6.07, 6.45) is 17.5. The quantitative estimate of drug-likeness (QED) is 0.728. The number of carbonyl (C=O) groups is 1. The van der Waals surface area contributed by atoms with Gasteiger partial charge >= 0.3 is 17.1 Å². The Kier molecular flexibility index (Phi) is 8.76. The molecule has 4 heteroatoms. The molecule has 0 spiro atoms. The minimum atomic E-state index is 0. The van der Waals surface area contributed by atoms with Gasteiger partial charge in [-0.3, -0.25) is 4.79 Å². The maximum Gasteiger partial charge on any atom is 2.00 e. The van der Waals surface area contributed by atoms with Crippen molar-refractivity contribution in [1.29, 1.82) is 0 Å². The van der Waals surface area contributed by atoms with Crippen molar-refractivity contribution in [2.45, 2.75) is 0 Å². The van der Waals surface area contributed by atoms with E-state index in [1.165, 1.54) is 0 Å². The molecule has 10 radical (unpaired) electrons. The second-order valence-corrected chi connectivity index (χ2v) is 4.18. The molecular weight excluding hydrogens is 280 g/mol. The van der Waals surface area contributed by atoms with Gasteiger partial charge in [0.1, 0.15) is 0 Å². The molecule has 2 saturated carbocycles. The van der Waals surface area contributed by atoms with E-state index in [4.69, 9.17) is 0 Å². The molecule has 0 unspecified atom stereocenters. The molecule has 0 atom stereocenters. The Hall–Kier alpha value is -0.0505. The van der Waals surface area contributed by atoms with E-state index in [1.54, 1.807) is 0 Å². The Bertz CT molecular complexity index is 237. The summed E-state index contributed by atoms with van der Waals surface area (Å²) in [6.45, 7) is 3.47. The molecule has 1 aliphatic heterocycles. The largest absolute Gasteiger partial charge is 2.00 e. The predicted molar refractivity (Wildman–Crippen MR) is 71.4 cm³/mol. The van der Waals surface area contributed by atoms with Crippen LogP contribution in [0.5, 0.6) is 0 Å². The topological polar surface area (TPSA) is 32.3 Å². The third kappa shape index (κ3) is 5.85. The summed E-state index contributed by atoms with van der Waals surface area (Å²) < 4.78 is 0. The molecule has 19 heavy (non-hydrogen) atoms. The average molecular weight is 298 g/mol. The Morgan fingerprint density at radius 2 is 1.37 bits per heavy atom. The predicted octanol–water partition coefficient (Wildman–Crippen LogP) is 0.842. The van der Waals surface area contributed by atoms with E-state index in [0.29, 0.717) is 0 Å². The fraction of sp³-hybridized carbons (Fsp3) is 0.267. The van der Waals surface area contributed by atoms with Crippen LogP contribution in [0.3, 0.4) is 0 Å². The summed E-state index contributed by atoms with van der Waals surface area (Å²) in [5.74, 6) is 0.966. The summed E-state index contributed by atoms with van der Waals surface area (Å²) in [5, 5.41) is 3.22. The van der Waals surface area contributed by atoms with Crippen LogP contribution in [0, 0.1) is 63.7 Å². The van der Waals surface area contributed by atoms with Crippen LogP contribution in [0.1, 0.15) is 0 Å². The number of nitrogens with one attached hydrogen (secondary N) is 1. The van der Waals surface area contributed by atoms with Crippen LogP contribution in [-0.2, 0) is 21.9 Å². The van der Waals surface area contributed by atoms with Gasteiger partial charge in [-0.05, 0) is 57.8 Å². The molecule has 3 nitrogen and oxygen atoms in total. The molecule has 2 aliphatic carbocycles. The van der Waals surface area contributed by atoms with Crippen molar-refractivity contribution in [3.63, 3.8) is 0 Å². The zero-order chi connectivity index (χ0) is 12.6. The van der Waals surface area contributed by atoms with E-state index in [0.717, 1.165) is 32.1 Å². The van der Waals surface area contributed by atoms with Crippen molar-refractivity contribution < 1.29 is 21.9 Å². The van der Waals surface area contributed by atoms with Crippen LogP contribution in [0.4, 0.5) is 0 Å². The first-order valence-electron chi connectivity index (χ1n) is 6.26. The summed E-state index contributed by atoms with van der Waals surface area (Å²) in [6, 6.07) is 0. The third-order valence-corrected chi connectivity index (χ3v) is 2.87. The van der Waals surface area contributed by atoms with Crippen LogP contribution in [0.25, 0.3) is 0 Å². The van der Waals surface area contributed by atoms with Gasteiger partial charge in [-0.15, -0.1) is 0 Å². The first-order valence-corrected chi connectivity index (χ1v) is 6.26. The van der Waals surface area contributed by atoms with Gasteiger partial charge in [-0.2, -0.15) is 0 Å². The zero-order valence-corrected chi connectivity index (χ0v) is 11.8. The molecule has 1 saturated heterocycles. The molecule has 1 amide bonds. The standard InChI is InChI=1S/C10H13N2O.C5H5.Fe/c13-10(9-3-1-2-4-9)12-7-5-11-6-8-12;1-2-4-5-3-1;/h1-4,11H,5-8H2;1-5H;/q;;+2. The van der Waals surface area contributed by atoms with Gasteiger partial charge in [0.05, 0.1) is 5.92 Å². The molecule has 0 bridgehead atoms. The third-order valence-electron chi connectivity index (χ3n) is 2.87. The SMILES string of the molecule is O=C([C]1[CH][CH][CH][CH]1)N1CCNCC1.[CH]1[CH][CH][CH][CH]1.[Fe+2]. The number of amides is 1. The second-order valence-electron chi connectivity index (χ2n) is 4.18. The molecule has 0 aromatic carbocycles. The van der Waals surface area contributed by atoms with Crippen molar-refractivity contribution in [3.05, 3.63) is 63.7 Å². The smallest absolute Gasteiger partial charge is 0.340 e. The van der Waals surface area contributed by atoms with E-state index in [-0.39, 0.29) is 23.0 Å². The maximum absolute atomic E-state index is 11.8. The fourth-order valence-electron chi connectivity index (χ4n) is 1.89. The molecule has 1 heterocycles. The van der Waals surface area contributed by atoms with Crippen molar-refractivity contribution >= 4 is 5.91 Å². The van der Waals surface area contributed by atoms with Gasteiger partial charge in [0.2, 0.25) is 5.91 Å². The van der Waals surface area contributed by atoms with E-state index < -0.39 is 0 Å². The van der Waals surface area contributed by atoms with Crippen LogP contribution in [-0.4, -0.2) is 37.0 Å². The average Bonchev–Trinajstić information content (AvgIpc) is 3.14. The number of piperazine rings is 1. The van der Waals surface area contributed by atoms with Gasteiger partial charge in [0.25, 0.3) is 0 Å². The van der Waals surface area contributed by atoms with Crippen LogP contribution >= 0.6 is 0 Å². The first kappa shape index (κ1) is 17.0. The van der Waals surface area contributed by atoms with E-state index >= 15 is 0 Å². The molecule has 3 fully saturated rings. The molecule has 3 rings (SSSR count). The molecule has 3 aliphatic rings. The molecular formula is C15H18FeN2O+2.